The minimum absolute atomic E-state index is 0.0409. The number of amides is 2. The van der Waals surface area contributed by atoms with Gasteiger partial charge in [-0.25, -0.2) is 4.79 Å². The number of nitrogens with zero attached hydrogens (tertiary/aromatic N) is 1. The highest BCUT2D eigenvalue weighted by Gasteiger charge is 2.34. The first kappa shape index (κ1) is 25.8. The molecule has 0 aliphatic carbocycles. The Kier molecular flexibility index (Phi) is 8.42. The molecule has 1 aromatic carbocycles. The molecule has 2 heterocycles. The smallest absolute Gasteiger partial charge is 0.407 e. The molecule has 3 rings (SSSR count). The van der Waals surface area contributed by atoms with Crippen molar-refractivity contribution >= 4 is 29.4 Å². The van der Waals surface area contributed by atoms with E-state index < -0.39 is 17.7 Å². The number of aryl methyl sites for hydroxylation is 2. The number of ketones is 1. The van der Waals surface area contributed by atoms with Gasteiger partial charge in [-0.05, 0) is 81.8 Å². The molecule has 0 saturated carbocycles. The third-order valence-corrected chi connectivity index (χ3v) is 6.11. The van der Waals surface area contributed by atoms with Crippen molar-refractivity contribution in [3.8, 4) is 0 Å². The lowest BCUT2D eigenvalue weighted by Crippen LogP contribution is -2.40. The van der Waals surface area contributed by atoms with E-state index in [1.807, 2.05) is 45.9 Å². The molecule has 0 unspecified atom stereocenters. The van der Waals surface area contributed by atoms with E-state index in [0.717, 1.165) is 29.7 Å². The van der Waals surface area contributed by atoms with E-state index in [9.17, 15) is 14.4 Å². The summed E-state index contributed by atoms with van der Waals surface area (Å²) in [4.78, 5) is 43.0. The van der Waals surface area contributed by atoms with Crippen LogP contribution in [0.15, 0.2) is 30.3 Å². The van der Waals surface area contributed by atoms with Crippen LogP contribution in [0.4, 0.5) is 4.79 Å². The summed E-state index contributed by atoms with van der Waals surface area (Å²) in [5.74, 6) is -0.0836. The number of aromatic nitrogens is 1. The molecule has 0 spiro atoms. The molecule has 2 aromatic rings. The Morgan fingerprint density at radius 2 is 1.94 bits per heavy atom. The molecule has 7 nitrogen and oxygen atoms in total. The number of Topliss-reactive ketones (excluding diaryl/α,β-unsaturated/α-hetero) is 1. The van der Waals surface area contributed by atoms with Gasteiger partial charge in [0.25, 0.3) is 5.91 Å². The maximum absolute atomic E-state index is 13.1. The number of alkyl carbamates (subject to hydrolysis) is 1. The number of H-pyrrole nitrogens is 1. The molecule has 1 atom stereocenters. The summed E-state index contributed by atoms with van der Waals surface area (Å²) in [6, 6.07) is 8.72. The molecule has 1 aliphatic rings. The first-order valence-corrected chi connectivity index (χ1v) is 12.2. The first-order chi connectivity index (χ1) is 16.1. The number of carbonyl (C=O) groups is 3. The zero-order valence-electron chi connectivity index (χ0n) is 20.4. The maximum Gasteiger partial charge on any atom is 0.407 e. The van der Waals surface area contributed by atoms with E-state index in [-0.39, 0.29) is 18.2 Å². The molecule has 0 radical (unpaired) electrons. The number of rotatable bonds is 8. The molecule has 1 fully saturated rings. The summed E-state index contributed by atoms with van der Waals surface area (Å²) in [7, 11) is 0. The van der Waals surface area contributed by atoms with Crippen molar-refractivity contribution in [3.05, 3.63) is 57.9 Å². The number of benzene rings is 1. The zero-order valence-corrected chi connectivity index (χ0v) is 21.1. The van der Waals surface area contributed by atoms with E-state index in [0.29, 0.717) is 36.5 Å². The van der Waals surface area contributed by atoms with Gasteiger partial charge in [0.1, 0.15) is 11.3 Å². The highest BCUT2D eigenvalue weighted by molar-refractivity contribution is 6.30. The maximum atomic E-state index is 13.1. The summed E-state index contributed by atoms with van der Waals surface area (Å²) in [6.07, 6.45) is 2.58. The molecule has 2 N–H and O–H groups in total. The average Bonchev–Trinajstić information content (AvgIpc) is 3.45. The standard InChI is InChI=1S/C26H34ClN3O4/c1-5-20-11-12-21(29-20)24(32)30-14-6-7-22(30)23(31)13-9-17-15-19(27)10-8-18(17)16-28-25(33)34-26(2,3)4/h8,10-12,15,22,29H,5-7,9,13-14,16H2,1-4H3,(H,28,33)/t22-/m0/s1. The predicted octanol–water partition coefficient (Wildman–Crippen LogP) is 5.06. The van der Waals surface area contributed by atoms with E-state index in [1.54, 1.807) is 17.0 Å². The van der Waals surface area contributed by atoms with Gasteiger partial charge in [0.2, 0.25) is 0 Å². The Morgan fingerprint density at radius 1 is 1.18 bits per heavy atom. The van der Waals surface area contributed by atoms with Crippen LogP contribution in [0.5, 0.6) is 0 Å². The topological polar surface area (TPSA) is 91.5 Å². The van der Waals surface area contributed by atoms with Crippen molar-refractivity contribution in [1.29, 1.82) is 0 Å². The zero-order chi connectivity index (χ0) is 24.9. The third kappa shape index (κ3) is 6.86. The fraction of sp³-hybridized carbons (Fsp3) is 0.500. The molecule has 2 amide bonds. The van der Waals surface area contributed by atoms with Crippen LogP contribution in [0.1, 0.15) is 74.3 Å². The number of hydrogen-bond acceptors (Lipinski definition) is 4. The SMILES string of the molecule is CCc1ccc(C(=O)N2CCC[C@H]2C(=O)CCc2cc(Cl)ccc2CNC(=O)OC(C)(C)C)[nH]1. The van der Waals surface area contributed by atoms with Crippen LogP contribution < -0.4 is 5.32 Å². The second-order valence-electron chi connectivity index (χ2n) is 9.64. The lowest BCUT2D eigenvalue weighted by molar-refractivity contribution is -0.122. The highest BCUT2D eigenvalue weighted by atomic mass is 35.5. The monoisotopic (exact) mass is 487 g/mol. The highest BCUT2D eigenvalue weighted by Crippen LogP contribution is 2.24. The molecule has 184 valence electrons. The lowest BCUT2D eigenvalue weighted by atomic mass is 9.98. The molecule has 8 heteroatoms. The van der Waals surface area contributed by atoms with Crippen LogP contribution in [-0.4, -0.2) is 45.9 Å². The normalized spacial score (nSPS) is 15.9. The van der Waals surface area contributed by atoms with Crippen LogP contribution >= 0.6 is 11.6 Å². The number of carbonyl (C=O) groups excluding carboxylic acids is 3. The molecule has 1 aromatic heterocycles. The Bertz CT molecular complexity index is 1040. The second kappa shape index (κ2) is 11.1. The molecule has 0 bridgehead atoms. The number of ether oxygens (including phenoxy) is 1. The van der Waals surface area contributed by atoms with Crippen LogP contribution in [0.3, 0.4) is 0 Å². The minimum Gasteiger partial charge on any atom is -0.444 e. The Labute approximate surface area is 206 Å². The Hall–Kier alpha value is -2.80. The largest absolute Gasteiger partial charge is 0.444 e. The van der Waals surface area contributed by atoms with Crippen molar-refractivity contribution in [1.82, 2.24) is 15.2 Å². The number of aromatic amines is 1. The van der Waals surface area contributed by atoms with Gasteiger partial charge in [0, 0.05) is 30.2 Å². The summed E-state index contributed by atoms with van der Waals surface area (Å²) in [6.45, 7) is 8.30. The van der Waals surface area contributed by atoms with Crippen LogP contribution in [0, 0.1) is 0 Å². The van der Waals surface area contributed by atoms with Gasteiger partial charge in [0.15, 0.2) is 5.78 Å². The van der Waals surface area contributed by atoms with Crippen molar-refractivity contribution in [2.45, 2.75) is 78.0 Å². The van der Waals surface area contributed by atoms with Crippen LogP contribution in [0.25, 0.3) is 0 Å². The van der Waals surface area contributed by atoms with Crippen molar-refractivity contribution in [3.63, 3.8) is 0 Å². The van der Waals surface area contributed by atoms with Gasteiger partial charge in [0.05, 0.1) is 6.04 Å². The molecule has 1 aliphatic heterocycles. The predicted molar refractivity (Wildman–Crippen MR) is 132 cm³/mol. The molecule has 34 heavy (non-hydrogen) atoms. The van der Waals surface area contributed by atoms with E-state index in [4.69, 9.17) is 16.3 Å². The van der Waals surface area contributed by atoms with E-state index in [2.05, 4.69) is 10.3 Å². The summed E-state index contributed by atoms with van der Waals surface area (Å²) < 4.78 is 5.30. The second-order valence-corrected chi connectivity index (χ2v) is 10.1. The number of hydrogen-bond donors (Lipinski definition) is 2. The van der Waals surface area contributed by atoms with Gasteiger partial charge in [-0.1, -0.05) is 24.6 Å². The van der Waals surface area contributed by atoms with Crippen LogP contribution in [-0.2, 0) is 28.9 Å². The number of nitrogens with one attached hydrogen (secondary N) is 2. The number of halogens is 1. The quantitative estimate of drug-likeness (QED) is 0.544. The summed E-state index contributed by atoms with van der Waals surface area (Å²) in [5.41, 5.74) is 2.72. The molecular weight excluding hydrogens is 454 g/mol. The van der Waals surface area contributed by atoms with Crippen molar-refractivity contribution in [2.24, 2.45) is 0 Å². The fourth-order valence-electron chi connectivity index (χ4n) is 4.18. The van der Waals surface area contributed by atoms with Crippen molar-refractivity contribution < 1.29 is 19.1 Å². The molecule has 1 saturated heterocycles. The van der Waals surface area contributed by atoms with Crippen LogP contribution in [0.2, 0.25) is 5.02 Å². The molecular formula is C26H34ClN3O4. The third-order valence-electron chi connectivity index (χ3n) is 5.87. The van der Waals surface area contributed by atoms with Crippen molar-refractivity contribution in [2.75, 3.05) is 6.54 Å². The Morgan fingerprint density at radius 3 is 2.62 bits per heavy atom. The van der Waals surface area contributed by atoms with Gasteiger partial charge < -0.3 is 19.9 Å². The summed E-state index contributed by atoms with van der Waals surface area (Å²) >= 11 is 6.20. The van der Waals surface area contributed by atoms with E-state index >= 15 is 0 Å². The van der Waals surface area contributed by atoms with Gasteiger partial charge >= 0.3 is 6.09 Å². The fourth-order valence-corrected chi connectivity index (χ4v) is 4.37. The van der Waals surface area contributed by atoms with Gasteiger partial charge in [-0.15, -0.1) is 0 Å². The Balaban J connectivity index is 1.62. The van der Waals surface area contributed by atoms with E-state index in [1.165, 1.54) is 0 Å². The summed E-state index contributed by atoms with van der Waals surface area (Å²) in [5, 5.41) is 3.33. The van der Waals surface area contributed by atoms with Gasteiger partial charge in [-0.2, -0.15) is 0 Å². The first-order valence-electron chi connectivity index (χ1n) is 11.8. The minimum atomic E-state index is -0.581. The average molecular weight is 488 g/mol. The van der Waals surface area contributed by atoms with Gasteiger partial charge in [-0.3, -0.25) is 9.59 Å². The lowest BCUT2D eigenvalue weighted by Gasteiger charge is -2.23. The number of likely N-dealkylation sites (tertiary alicyclic amines) is 1.